The number of carbonyl (C=O) groups excluding carboxylic acids is 1. The van der Waals surface area contributed by atoms with Crippen LogP contribution in [-0.2, 0) is 4.79 Å². The Balaban J connectivity index is 1.88. The van der Waals surface area contributed by atoms with Crippen molar-refractivity contribution < 1.29 is 14.3 Å². The standard InChI is InChI=1S/C20H30N2O3/c1-4-13-25-16-10-9-15(14-17(16)24-3)18-21-20(11-7-6-8-12-20)19(23)22(18)5-2/h9-10,14,18,21H,4-8,11-13H2,1-3H3. The average molecular weight is 346 g/mol. The third-order valence-corrected chi connectivity index (χ3v) is 5.41. The van der Waals surface area contributed by atoms with Gasteiger partial charge in [-0.1, -0.05) is 32.3 Å². The molecule has 1 saturated carbocycles. The number of ether oxygens (including phenoxy) is 2. The molecule has 138 valence electrons. The van der Waals surface area contributed by atoms with E-state index in [1.807, 2.05) is 30.0 Å². The number of nitrogens with one attached hydrogen (secondary N) is 1. The van der Waals surface area contributed by atoms with Crippen molar-refractivity contribution in [2.24, 2.45) is 0 Å². The van der Waals surface area contributed by atoms with Gasteiger partial charge >= 0.3 is 0 Å². The number of carbonyl (C=O) groups is 1. The van der Waals surface area contributed by atoms with E-state index in [1.54, 1.807) is 7.11 Å². The highest BCUT2D eigenvalue weighted by Crippen LogP contribution is 2.41. The van der Waals surface area contributed by atoms with Crippen LogP contribution >= 0.6 is 0 Å². The van der Waals surface area contributed by atoms with E-state index in [2.05, 4.69) is 12.2 Å². The third-order valence-electron chi connectivity index (χ3n) is 5.41. The topological polar surface area (TPSA) is 50.8 Å². The smallest absolute Gasteiger partial charge is 0.244 e. The van der Waals surface area contributed by atoms with E-state index in [-0.39, 0.29) is 17.6 Å². The van der Waals surface area contributed by atoms with Gasteiger partial charge in [-0.2, -0.15) is 0 Å². The van der Waals surface area contributed by atoms with Crippen molar-refractivity contribution in [3.8, 4) is 11.5 Å². The average Bonchev–Trinajstić information content (AvgIpc) is 2.92. The molecule has 0 bridgehead atoms. The lowest BCUT2D eigenvalue weighted by molar-refractivity contribution is -0.134. The monoisotopic (exact) mass is 346 g/mol. The summed E-state index contributed by atoms with van der Waals surface area (Å²) in [6.07, 6.45) is 6.21. The Kier molecular flexibility index (Phi) is 5.52. The van der Waals surface area contributed by atoms with Gasteiger partial charge in [0.15, 0.2) is 11.5 Å². The molecule has 25 heavy (non-hydrogen) atoms. The number of likely N-dealkylation sites (N-methyl/N-ethyl adjacent to an activating group) is 1. The van der Waals surface area contributed by atoms with E-state index >= 15 is 0 Å². The molecule has 3 rings (SSSR count). The molecule has 1 heterocycles. The molecule has 0 radical (unpaired) electrons. The Labute approximate surface area is 150 Å². The quantitative estimate of drug-likeness (QED) is 0.854. The van der Waals surface area contributed by atoms with E-state index in [0.29, 0.717) is 13.2 Å². The molecule has 1 aromatic carbocycles. The first-order valence-electron chi connectivity index (χ1n) is 9.54. The number of amides is 1. The molecular formula is C20H30N2O3. The first kappa shape index (κ1) is 18.1. The number of benzene rings is 1. The van der Waals surface area contributed by atoms with Crippen LogP contribution in [0, 0.1) is 0 Å². The fourth-order valence-electron chi connectivity index (χ4n) is 4.08. The summed E-state index contributed by atoms with van der Waals surface area (Å²) in [5.74, 6) is 1.73. The summed E-state index contributed by atoms with van der Waals surface area (Å²) in [5.41, 5.74) is 0.683. The molecule has 1 aliphatic carbocycles. The highest BCUT2D eigenvalue weighted by atomic mass is 16.5. The van der Waals surface area contributed by atoms with Crippen molar-refractivity contribution in [2.75, 3.05) is 20.3 Å². The first-order chi connectivity index (χ1) is 12.1. The van der Waals surface area contributed by atoms with Crippen molar-refractivity contribution in [1.82, 2.24) is 10.2 Å². The maximum atomic E-state index is 13.1. The summed E-state index contributed by atoms with van der Waals surface area (Å²) in [5, 5.41) is 3.67. The molecule has 2 fully saturated rings. The van der Waals surface area contributed by atoms with Gasteiger partial charge in [0.2, 0.25) is 5.91 Å². The molecule has 5 heteroatoms. The Morgan fingerprint density at radius 1 is 1.20 bits per heavy atom. The van der Waals surface area contributed by atoms with Crippen LogP contribution < -0.4 is 14.8 Å². The number of hydrogen-bond acceptors (Lipinski definition) is 4. The molecular weight excluding hydrogens is 316 g/mol. The lowest BCUT2D eigenvalue weighted by atomic mass is 9.81. The molecule has 1 amide bonds. The highest BCUT2D eigenvalue weighted by Gasteiger charge is 2.51. The zero-order chi connectivity index (χ0) is 17.9. The maximum Gasteiger partial charge on any atom is 0.244 e. The van der Waals surface area contributed by atoms with Crippen LogP contribution in [0.4, 0.5) is 0 Å². The van der Waals surface area contributed by atoms with Gasteiger partial charge in [-0.3, -0.25) is 10.1 Å². The van der Waals surface area contributed by atoms with Crippen LogP contribution in [0.15, 0.2) is 18.2 Å². The number of rotatable bonds is 6. The summed E-state index contributed by atoms with van der Waals surface area (Å²) in [6.45, 7) is 5.50. The summed E-state index contributed by atoms with van der Waals surface area (Å²) < 4.78 is 11.3. The molecule has 0 aromatic heterocycles. The lowest BCUT2D eigenvalue weighted by Crippen LogP contribution is -2.48. The van der Waals surface area contributed by atoms with E-state index < -0.39 is 0 Å². The van der Waals surface area contributed by atoms with Crippen LogP contribution in [0.25, 0.3) is 0 Å². The first-order valence-corrected chi connectivity index (χ1v) is 9.54. The predicted molar refractivity (Wildman–Crippen MR) is 97.9 cm³/mol. The minimum absolute atomic E-state index is 0.0928. The second kappa shape index (κ2) is 7.65. The molecule has 5 nitrogen and oxygen atoms in total. The maximum absolute atomic E-state index is 13.1. The van der Waals surface area contributed by atoms with Gasteiger partial charge in [-0.15, -0.1) is 0 Å². The summed E-state index contributed by atoms with van der Waals surface area (Å²) >= 11 is 0. The lowest BCUT2D eigenvalue weighted by Gasteiger charge is -2.31. The summed E-state index contributed by atoms with van der Waals surface area (Å²) in [4.78, 5) is 15.0. The molecule has 1 aromatic rings. The van der Waals surface area contributed by atoms with E-state index in [0.717, 1.165) is 49.2 Å². The van der Waals surface area contributed by atoms with Crippen molar-refractivity contribution in [3.05, 3.63) is 23.8 Å². The zero-order valence-corrected chi connectivity index (χ0v) is 15.6. The van der Waals surface area contributed by atoms with Crippen molar-refractivity contribution in [1.29, 1.82) is 0 Å². The fraction of sp³-hybridized carbons (Fsp3) is 0.650. The second-order valence-electron chi connectivity index (χ2n) is 7.04. The molecule has 1 aliphatic heterocycles. The van der Waals surface area contributed by atoms with E-state index in [9.17, 15) is 4.79 Å². The minimum Gasteiger partial charge on any atom is -0.493 e. The Bertz CT molecular complexity index is 611. The predicted octanol–water partition coefficient (Wildman–Crippen LogP) is 3.64. The minimum atomic E-state index is -0.371. The number of hydrogen-bond donors (Lipinski definition) is 1. The van der Waals surface area contributed by atoms with Crippen LogP contribution in [0.3, 0.4) is 0 Å². The van der Waals surface area contributed by atoms with Gasteiger partial charge in [-0.25, -0.2) is 0 Å². The van der Waals surface area contributed by atoms with Crippen LogP contribution in [0.1, 0.15) is 64.1 Å². The third kappa shape index (κ3) is 3.34. The highest BCUT2D eigenvalue weighted by molar-refractivity contribution is 5.89. The van der Waals surface area contributed by atoms with E-state index in [1.165, 1.54) is 6.42 Å². The molecule has 1 unspecified atom stereocenters. The number of methoxy groups -OCH3 is 1. The zero-order valence-electron chi connectivity index (χ0n) is 15.6. The fourth-order valence-corrected chi connectivity index (χ4v) is 4.08. The number of nitrogens with zero attached hydrogens (tertiary/aromatic N) is 1. The SMILES string of the molecule is CCCOc1ccc(C2NC3(CCCCC3)C(=O)N2CC)cc1OC. The molecule has 1 spiro atoms. The van der Waals surface area contributed by atoms with Crippen LogP contribution in [0.5, 0.6) is 11.5 Å². The normalized spacial score (nSPS) is 22.4. The molecule has 2 aliphatic rings. The Hall–Kier alpha value is -1.75. The van der Waals surface area contributed by atoms with Gasteiger partial charge < -0.3 is 14.4 Å². The van der Waals surface area contributed by atoms with Gasteiger partial charge in [0.25, 0.3) is 0 Å². The van der Waals surface area contributed by atoms with Gasteiger partial charge in [0.05, 0.1) is 19.3 Å². The van der Waals surface area contributed by atoms with Crippen molar-refractivity contribution in [3.63, 3.8) is 0 Å². The van der Waals surface area contributed by atoms with Crippen LogP contribution in [0.2, 0.25) is 0 Å². The molecule has 1 saturated heterocycles. The van der Waals surface area contributed by atoms with E-state index in [4.69, 9.17) is 9.47 Å². The molecule has 1 atom stereocenters. The second-order valence-corrected chi connectivity index (χ2v) is 7.04. The van der Waals surface area contributed by atoms with Gasteiger partial charge in [0.1, 0.15) is 6.17 Å². The van der Waals surface area contributed by atoms with Crippen molar-refractivity contribution in [2.45, 2.75) is 64.1 Å². The van der Waals surface area contributed by atoms with Gasteiger partial charge in [-0.05, 0) is 43.9 Å². The molecule has 1 N–H and O–H groups in total. The summed E-state index contributed by atoms with van der Waals surface area (Å²) in [6, 6.07) is 6.00. The largest absolute Gasteiger partial charge is 0.493 e. The van der Waals surface area contributed by atoms with Crippen LogP contribution in [-0.4, -0.2) is 36.6 Å². The summed E-state index contributed by atoms with van der Waals surface area (Å²) in [7, 11) is 1.66. The Morgan fingerprint density at radius 3 is 2.60 bits per heavy atom. The van der Waals surface area contributed by atoms with Gasteiger partial charge in [0, 0.05) is 6.54 Å². The Morgan fingerprint density at radius 2 is 1.96 bits per heavy atom. The van der Waals surface area contributed by atoms with Crippen molar-refractivity contribution >= 4 is 5.91 Å².